The van der Waals surface area contributed by atoms with E-state index in [1.54, 1.807) is 0 Å². The van der Waals surface area contributed by atoms with Gasteiger partial charge in [0.25, 0.3) is 0 Å². The van der Waals surface area contributed by atoms with Gasteiger partial charge in [0.15, 0.2) is 0 Å². The third-order valence-corrected chi connectivity index (χ3v) is 10.6. The van der Waals surface area contributed by atoms with Crippen molar-refractivity contribution in [3.63, 3.8) is 0 Å². The van der Waals surface area contributed by atoms with E-state index < -0.39 is 0 Å². The molecule has 0 fully saturated rings. The molecule has 1 aliphatic carbocycles. The summed E-state index contributed by atoms with van der Waals surface area (Å²) in [4.78, 5) is 0. The van der Waals surface area contributed by atoms with Crippen LogP contribution in [0.5, 0.6) is 0 Å². The molecule has 1 aliphatic rings. The van der Waals surface area contributed by atoms with Crippen LogP contribution in [0.4, 0.5) is 0 Å². The van der Waals surface area contributed by atoms with E-state index in [1.807, 2.05) is 17.3 Å². The fraction of sp³-hybridized carbons (Fsp3) is 0.818. The van der Waals surface area contributed by atoms with Crippen LogP contribution >= 0.6 is 25.5 Å². The molecule has 0 N–H and O–H groups in total. The van der Waals surface area contributed by atoms with Gasteiger partial charge in [-0.25, -0.2) is 5.57 Å². The van der Waals surface area contributed by atoms with Crippen LogP contribution in [0.25, 0.3) is 0 Å². The average Bonchev–Trinajstić information content (AvgIpc) is 2.82. The second-order valence-corrected chi connectivity index (χ2v) is 13.3. The van der Waals surface area contributed by atoms with Gasteiger partial charge in [0.2, 0.25) is 0 Å². The van der Waals surface area contributed by atoms with Gasteiger partial charge >= 0.3 is 27.0 Å². The van der Waals surface area contributed by atoms with E-state index in [-0.39, 0.29) is 5.41 Å². The van der Waals surface area contributed by atoms with Crippen LogP contribution < -0.4 is 0 Å². The van der Waals surface area contributed by atoms with E-state index in [1.165, 1.54) is 53.7 Å². The second-order valence-electron chi connectivity index (χ2n) is 6.86. The average molecular weight is 508 g/mol. The van der Waals surface area contributed by atoms with E-state index in [9.17, 15) is 0 Å². The Balaban J connectivity index is -0.000000299. The third-order valence-electron chi connectivity index (χ3n) is 5.25. The number of allylic oxidation sites excluding steroid dienone is 4. The summed E-state index contributed by atoms with van der Waals surface area (Å²) in [5, 5.41) is 0. The molecule has 0 amide bonds. The third kappa shape index (κ3) is 14.3. The van der Waals surface area contributed by atoms with Crippen LogP contribution in [0.2, 0.25) is 0 Å². The van der Waals surface area contributed by atoms with Crippen molar-refractivity contribution in [3.8, 4) is 0 Å². The summed E-state index contributed by atoms with van der Waals surface area (Å²) in [5.74, 6) is 0. The van der Waals surface area contributed by atoms with Gasteiger partial charge in [-0.05, 0) is 37.0 Å². The van der Waals surface area contributed by atoms with E-state index >= 15 is 0 Å². The van der Waals surface area contributed by atoms with Crippen LogP contribution in [-0.4, -0.2) is 37.0 Å². The molecule has 158 valence electrons. The molecule has 0 aromatic rings. The minimum absolute atomic E-state index is 0.189. The topological polar surface area (TPSA) is 0 Å². The van der Waals surface area contributed by atoms with E-state index in [4.69, 9.17) is 0 Å². The van der Waals surface area contributed by atoms with Crippen LogP contribution in [0.15, 0.2) is 16.7 Å². The van der Waals surface area contributed by atoms with Gasteiger partial charge in [0.1, 0.15) is 0 Å². The molecule has 0 spiro atoms. The Hall–Kier alpha value is 1.25. The maximum atomic E-state index is 4.57. The molecule has 26 heavy (non-hydrogen) atoms. The van der Waals surface area contributed by atoms with E-state index in [0.717, 1.165) is 0 Å². The summed E-state index contributed by atoms with van der Waals surface area (Å²) < 4.78 is 0. The Morgan fingerprint density at radius 1 is 0.731 bits per heavy atom. The van der Waals surface area contributed by atoms with Crippen LogP contribution in [0.3, 0.4) is 0 Å². The van der Waals surface area contributed by atoms with Crippen molar-refractivity contribution < 1.29 is 17.3 Å². The number of hydrogen-bond donors (Lipinski definition) is 0. The Kier molecular flexibility index (Phi) is 24.0. The molecular weight excluding hydrogens is 463 g/mol. The Labute approximate surface area is 183 Å². The normalized spacial score (nSPS) is 14.8. The number of rotatable bonds is 6. The van der Waals surface area contributed by atoms with Gasteiger partial charge in [-0.15, -0.1) is 22.8 Å². The van der Waals surface area contributed by atoms with Crippen molar-refractivity contribution >= 4 is 25.5 Å². The molecule has 1 rings (SSSR count). The van der Waals surface area contributed by atoms with Crippen LogP contribution in [-0.2, 0) is 17.3 Å². The first-order valence-electron chi connectivity index (χ1n) is 10.0. The first-order chi connectivity index (χ1) is 12.1. The Bertz CT molecular complexity index is 359. The Morgan fingerprint density at radius 3 is 1.04 bits per heavy atom. The number of hydrogen-bond acceptors (Lipinski definition) is 0. The molecule has 0 saturated heterocycles. The zero-order chi connectivity index (χ0) is 21.3. The summed E-state index contributed by atoms with van der Waals surface area (Å²) in [6.07, 6.45) is 11.9. The molecule has 0 heterocycles. The summed E-state index contributed by atoms with van der Waals surface area (Å²) in [6, 6.07) is 0. The van der Waals surface area contributed by atoms with Crippen molar-refractivity contribution in [1.29, 1.82) is 0 Å². The van der Waals surface area contributed by atoms with Gasteiger partial charge in [0.05, 0.1) is 0 Å². The van der Waals surface area contributed by atoms with Crippen molar-refractivity contribution in [2.75, 3.05) is 37.0 Å². The van der Waals surface area contributed by atoms with Gasteiger partial charge in [-0.2, -0.15) is 11.1 Å². The van der Waals surface area contributed by atoms with Gasteiger partial charge in [-0.1, -0.05) is 74.7 Å². The summed E-state index contributed by atoms with van der Waals surface area (Å²) >= 11 is 1.82. The molecule has 0 unspecified atom stereocenters. The zero-order valence-electron chi connectivity index (χ0n) is 19.4. The minimum atomic E-state index is 0.189. The molecule has 0 nitrogen and oxygen atoms in total. The summed E-state index contributed by atoms with van der Waals surface area (Å²) in [7, 11) is 5.46. The van der Waals surface area contributed by atoms with Crippen molar-refractivity contribution in [2.45, 2.75) is 76.2 Å². The van der Waals surface area contributed by atoms with Crippen molar-refractivity contribution in [1.82, 2.24) is 0 Å². The predicted octanol–water partition coefficient (Wildman–Crippen LogP) is 8.86. The van der Waals surface area contributed by atoms with Gasteiger partial charge in [0, 0.05) is 0 Å². The molecule has 0 bridgehead atoms. The summed E-state index contributed by atoms with van der Waals surface area (Å²) in [5.41, 5.74) is 4.39. The maximum absolute atomic E-state index is 4.57. The first-order valence-corrected chi connectivity index (χ1v) is 16.1. The van der Waals surface area contributed by atoms with Crippen molar-refractivity contribution in [2.24, 2.45) is 5.41 Å². The molecule has 0 saturated carbocycles. The number of halogens is 1. The molecule has 0 aromatic carbocycles. The van der Waals surface area contributed by atoms with Gasteiger partial charge in [-0.3, -0.25) is 6.08 Å². The predicted molar refractivity (Wildman–Crippen MR) is 128 cm³/mol. The molecule has 0 atom stereocenters. The quantitative estimate of drug-likeness (QED) is 0.191. The first kappa shape index (κ1) is 31.9. The fourth-order valence-corrected chi connectivity index (χ4v) is 5.43. The van der Waals surface area contributed by atoms with E-state index in [2.05, 4.69) is 91.9 Å². The van der Waals surface area contributed by atoms with Crippen LogP contribution in [0.1, 0.15) is 76.2 Å². The molecule has 4 heteroatoms. The second kappa shape index (κ2) is 19.6. The molecule has 0 radical (unpaired) electrons. The summed E-state index contributed by atoms with van der Waals surface area (Å²) in [6.45, 7) is 24.7. The fourth-order valence-electron chi connectivity index (χ4n) is 2.75. The zero-order valence-corrected chi connectivity index (χ0v) is 23.7. The van der Waals surface area contributed by atoms with E-state index in [0.29, 0.717) is 15.8 Å². The SMILES string of the molecule is CC1=[C-]C(C)(C)C(C)=C1C.CCP(CC)CC.CCP(CC)CC.[Cl][Ru+]. The van der Waals surface area contributed by atoms with Crippen molar-refractivity contribution in [3.05, 3.63) is 22.8 Å². The molecule has 0 aromatic heterocycles. The molecule has 0 aliphatic heterocycles. The standard InChI is InChI=1S/C10H15.2C6H15P.ClH.Ru/c1-7-6-10(4,5)9(3)8(7)2;2*1-4-7(5-2)6-3;;/h1-5H3;2*4-6H2,1-3H3;1H;/q-1;;;;+2/p-1. The van der Waals surface area contributed by atoms with Crippen LogP contribution in [0, 0.1) is 11.5 Å². The monoisotopic (exact) mass is 508 g/mol. The van der Waals surface area contributed by atoms with Gasteiger partial charge < -0.3 is 0 Å². The Morgan fingerprint density at radius 2 is 1.00 bits per heavy atom. The molecular formula is C22H45ClP2Ru.